The molecule has 2 N–H and O–H groups in total. The quantitative estimate of drug-likeness (QED) is 0.650. The highest BCUT2D eigenvalue weighted by molar-refractivity contribution is 9.10. The molecule has 0 unspecified atom stereocenters. The van der Waals surface area contributed by atoms with Crippen molar-refractivity contribution in [3.8, 4) is 11.1 Å². The highest BCUT2D eigenvalue weighted by atomic mass is 79.9. The van der Waals surface area contributed by atoms with Gasteiger partial charge < -0.3 is 5.73 Å². The summed E-state index contributed by atoms with van der Waals surface area (Å²) in [7, 11) is 1.56. The molecule has 1 aromatic heterocycles. The van der Waals surface area contributed by atoms with Crippen LogP contribution in [-0.4, -0.2) is 9.78 Å². The van der Waals surface area contributed by atoms with E-state index in [4.69, 9.17) is 5.73 Å². The van der Waals surface area contributed by atoms with Crippen molar-refractivity contribution in [1.82, 2.24) is 9.78 Å². The van der Waals surface area contributed by atoms with Gasteiger partial charge >= 0.3 is 0 Å². The molecule has 0 aliphatic carbocycles. The zero-order chi connectivity index (χ0) is 12.7. The van der Waals surface area contributed by atoms with Crippen molar-refractivity contribution in [2.24, 2.45) is 7.05 Å². The summed E-state index contributed by atoms with van der Waals surface area (Å²) in [6.45, 7) is 0. The van der Waals surface area contributed by atoms with Crippen LogP contribution in [0.15, 0.2) is 16.7 Å². The number of hydrogen-bond acceptors (Lipinski definition) is 2. The van der Waals surface area contributed by atoms with Gasteiger partial charge in [-0.25, -0.2) is 13.2 Å². The van der Waals surface area contributed by atoms with Crippen molar-refractivity contribution in [2.75, 3.05) is 5.73 Å². The third-order valence-electron chi connectivity index (χ3n) is 2.38. The van der Waals surface area contributed by atoms with Crippen molar-refractivity contribution in [3.63, 3.8) is 0 Å². The number of anilines is 1. The molecule has 0 atom stereocenters. The van der Waals surface area contributed by atoms with Crippen LogP contribution in [-0.2, 0) is 7.05 Å². The number of aryl methyl sites for hydroxylation is 1. The number of aromatic nitrogens is 2. The predicted molar refractivity (Wildman–Crippen MR) is 60.6 cm³/mol. The predicted octanol–water partition coefficient (Wildman–Crippen LogP) is 2.85. The highest BCUT2D eigenvalue weighted by Gasteiger charge is 2.21. The summed E-state index contributed by atoms with van der Waals surface area (Å²) in [4.78, 5) is 0. The van der Waals surface area contributed by atoms with Crippen LogP contribution >= 0.6 is 15.9 Å². The first-order valence-electron chi connectivity index (χ1n) is 4.54. The fraction of sp³-hybridized carbons (Fsp3) is 0.100. The van der Waals surface area contributed by atoms with Crippen LogP contribution in [0.5, 0.6) is 0 Å². The monoisotopic (exact) mass is 305 g/mol. The normalized spacial score (nSPS) is 10.9. The average molecular weight is 306 g/mol. The van der Waals surface area contributed by atoms with Gasteiger partial charge in [0.15, 0.2) is 17.5 Å². The topological polar surface area (TPSA) is 43.8 Å². The van der Waals surface area contributed by atoms with Crippen molar-refractivity contribution >= 4 is 21.7 Å². The van der Waals surface area contributed by atoms with Gasteiger partial charge in [0, 0.05) is 18.2 Å². The van der Waals surface area contributed by atoms with Gasteiger partial charge in [0.05, 0.1) is 10.7 Å². The molecule has 3 nitrogen and oxygen atoms in total. The van der Waals surface area contributed by atoms with Crippen LogP contribution in [0.4, 0.5) is 19.0 Å². The third-order valence-corrected chi connectivity index (χ3v) is 2.95. The van der Waals surface area contributed by atoms with Crippen molar-refractivity contribution in [3.05, 3.63) is 34.2 Å². The molecule has 0 aliphatic heterocycles. The Morgan fingerprint density at radius 1 is 1.18 bits per heavy atom. The average Bonchev–Trinajstić information content (AvgIpc) is 2.62. The number of nitrogens with two attached hydrogens (primary N) is 1. The van der Waals surface area contributed by atoms with Crippen LogP contribution < -0.4 is 5.73 Å². The highest BCUT2D eigenvalue weighted by Crippen LogP contribution is 2.33. The molecule has 90 valence electrons. The van der Waals surface area contributed by atoms with Crippen LogP contribution in [0.3, 0.4) is 0 Å². The summed E-state index contributed by atoms with van der Waals surface area (Å²) >= 11 is 2.81. The fourth-order valence-corrected chi connectivity index (χ4v) is 1.83. The van der Waals surface area contributed by atoms with Gasteiger partial charge in [-0.3, -0.25) is 4.68 Å². The largest absolute Gasteiger partial charge is 0.383 e. The summed E-state index contributed by atoms with van der Waals surface area (Å²) in [6, 6.07) is 1.13. The lowest BCUT2D eigenvalue weighted by Crippen LogP contribution is -2.00. The molecule has 0 fully saturated rings. The molecule has 1 aromatic carbocycles. The SMILES string of the molecule is Cn1ncc(-c2cc(Br)c(F)c(F)c2F)c1N. The number of rotatable bonds is 1. The summed E-state index contributed by atoms with van der Waals surface area (Å²) in [6.07, 6.45) is 1.29. The van der Waals surface area contributed by atoms with E-state index in [1.807, 2.05) is 0 Å². The van der Waals surface area contributed by atoms with Gasteiger partial charge in [-0.05, 0) is 22.0 Å². The molecular weight excluding hydrogens is 299 g/mol. The molecule has 0 radical (unpaired) electrons. The van der Waals surface area contributed by atoms with E-state index in [2.05, 4.69) is 21.0 Å². The second-order valence-corrected chi connectivity index (χ2v) is 4.27. The Morgan fingerprint density at radius 2 is 1.82 bits per heavy atom. The molecule has 0 saturated carbocycles. The van der Waals surface area contributed by atoms with Crippen LogP contribution in [0.1, 0.15) is 0 Å². The Balaban J connectivity index is 2.73. The number of halogens is 4. The molecule has 0 saturated heterocycles. The Morgan fingerprint density at radius 3 is 2.35 bits per heavy atom. The molecule has 1 heterocycles. The molecule has 7 heteroatoms. The van der Waals surface area contributed by atoms with Gasteiger partial charge in [0.2, 0.25) is 0 Å². The zero-order valence-electron chi connectivity index (χ0n) is 8.64. The Kier molecular flexibility index (Phi) is 2.86. The van der Waals surface area contributed by atoms with E-state index in [-0.39, 0.29) is 21.4 Å². The minimum absolute atomic E-state index is 0.138. The van der Waals surface area contributed by atoms with E-state index in [0.29, 0.717) is 0 Å². The standard InChI is InChI=1S/C10H7BrF3N3/c1-17-10(15)5(3-16-17)4-2-6(11)8(13)9(14)7(4)12/h2-3H,15H2,1H3. The maximum Gasteiger partial charge on any atom is 0.196 e. The van der Waals surface area contributed by atoms with Gasteiger partial charge in [-0.15, -0.1) is 0 Å². The molecule has 0 aliphatic rings. The molecule has 17 heavy (non-hydrogen) atoms. The number of nitrogens with zero attached hydrogens (tertiary/aromatic N) is 2. The van der Waals surface area contributed by atoms with Crippen molar-refractivity contribution < 1.29 is 13.2 Å². The smallest absolute Gasteiger partial charge is 0.196 e. The molecule has 2 aromatic rings. The number of nitrogen functional groups attached to an aromatic ring is 1. The first kappa shape index (κ1) is 12.0. The second-order valence-electron chi connectivity index (χ2n) is 3.41. The molecule has 0 spiro atoms. The number of benzene rings is 1. The van der Waals surface area contributed by atoms with Gasteiger partial charge in [-0.2, -0.15) is 5.10 Å². The summed E-state index contributed by atoms with van der Waals surface area (Å²) < 4.78 is 41.0. The molecule has 2 rings (SSSR count). The van der Waals surface area contributed by atoms with E-state index in [1.165, 1.54) is 10.9 Å². The van der Waals surface area contributed by atoms with Crippen LogP contribution in [0.2, 0.25) is 0 Å². The lowest BCUT2D eigenvalue weighted by atomic mass is 10.1. The van der Waals surface area contributed by atoms with E-state index in [9.17, 15) is 13.2 Å². The Labute approximate surface area is 103 Å². The lowest BCUT2D eigenvalue weighted by Gasteiger charge is -2.06. The third kappa shape index (κ3) is 1.80. The first-order valence-corrected chi connectivity index (χ1v) is 5.33. The van der Waals surface area contributed by atoms with E-state index in [0.717, 1.165) is 6.07 Å². The molecule has 0 bridgehead atoms. The Hall–Kier alpha value is -1.50. The van der Waals surface area contributed by atoms with E-state index < -0.39 is 17.5 Å². The van der Waals surface area contributed by atoms with Crippen LogP contribution in [0, 0.1) is 17.5 Å². The van der Waals surface area contributed by atoms with Gasteiger partial charge in [-0.1, -0.05) is 0 Å². The second kappa shape index (κ2) is 4.06. The summed E-state index contributed by atoms with van der Waals surface area (Å²) in [5.41, 5.74) is 5.72. The zero-order valence-corrected chi connectivity index (χ0v) is 10.2. The van der Waals surface area contributed by atoms with Crippen LogP contribution in [0.25, 0.3) is 11.1 Å². The van der Waals surface area contributed by atoms with E-state index in [1.54, 1.807) is 7.05 Å². The van der Waals surface area contributed by atoms with Gasteiger partial charge in [0.25, 0.3) is 0 Å². The fourth-order valence-electron chi connectivity index (χ4n) is 1.42. The minimum atomic E-state index is -1.54. The van der Waals surface area contributed by atoms with Crippen molar-refractivity contribution in [2.45, 2.75) is 0 Å². The first-order chi connectivity index (χ1) is 7.93. The molecular formula is C10H7BrF3N3. The maximum absolute atomic E-state index is 13.6. The Bertz CT molecular complexity index is 595. The lowest BCUT2D eigenvalue weighted by molar-refractivity contribution is 0.446. The van der Waals surface area contributed by atoms with E-state index >= 15 is 0 Å². The number of hydrogen-bond donors (Lipinski definition) is 1. The maximum atomic E-state index is 13.6. The summed E-state index contributed by atoms with van der Waals surface area (Å²) in [5.74, 6) is -3.93. The van der Waals surface area contributed by atoms with Crippen molar-refractivity contribution in [1.29, 1.82) is 0 Å². The minimum Gasteiger partial charge on any atom is -0.383 e. The summed E-state index contributed by atoms with van der Waals surface area (Å²) in [5, 5.41) is 3.81. The molecule has 0 amide bonds. The van der Waals surface area contributed by atoms with Gasteiger partial charge in [0.1, 0.15) is 5.82 Å².